The van der Waals surface area contributed by atoms with Gasteiger partial charge < -0.3 is 25.8 Å². The second-order valence-corrected chi connectivity index (χ2v) is 7.82. The van der Waals surface area contributed by atoms with E-state index in [2.05, 4.69) is 20.8 Å². The van der Waals surface area contributed by atoms with Crippen LogP contribution in [0.25, 0.3) is 0 Å². The first kappa shape index (κ1) is 24.1. The lowest BCUT2D eigenvalue weighted by Crippen LogP contribution is -2.23. The van der Waals surface area contributed by atoms with Gasteiger partial charge in [-0.15, -0.1) is 0 Å². The van der Waals surface area contributed by atoms with Crippen LogP contribution in [0, 0.1) is 0 Å². The number of anilines is 2. The highest BCUT2D eigenvalue weighted by Gasteiger charge is 2.34. The molecule has 1 aromatic heterocycles. The van der Waals surface area contributed by atoms with Gasteiger partial charge in [0.1, 0.15) is 6.61 Å². The fourth-order valence-corrected chi connectivity index (χ4v) is 3.87. The van der Waals surface area contributed by atoms with Crippen molar-refractivity contribution in [3.8, 4) is 11.5 Å². The van der Waals surface area contributed by atoms with Crippen molar-refractivity contribution >= 4 is 23.3 Å². The number of aromatic nitrogens is 2. The number of hydrogen-bond donors (Lipinski definition) is 4. The Morgan fingerprint density at radius 2 is 2.03 bits per heavy atom. The van der Waals surface area contributed by atoms with Crippen molar-refractivity contribution in [3.05, 3.63) is 64.8 Å². The summed E-state index contributed by atoms with van der Waals surface area (Å²) in [6.07, 6.45) is -2.76. The minimum atomic E-state index is -4.67. The molecule has 2 aromatic carbocycles. The number of ether oxygens (including phenoxy) is 2. The highest BCUT2D eigenvalue weighted by atomic mass is 19.4. The Morgan fingerprint density at radius 1 is 1.23 bits per heavy atom. The molecule has 1 aliphatic rings. The second-order valence-electron chi connectivity index (χ2n) is 7.82. The third kappa shape index (κ3) is 5.22. The summed E-state index contributed by atoms with van der Waals surface area (Å²) in [4.78, 5) is 23.5. The van der Waals surface area contributed by atoms with E-state index in [-0.39, 0.29) is 41.8 Å². The largest absolute Gasteiger partial charge is 0.493 e. The fourth-order valence-electron chi connectivity index (χ4n) is 3.87. The van der Waals surface area contributed by atoms with Gasteiger partial charge in [-0.3, -0.25) is 14.7 Å². The lowest BCUT2D eigenvalue weighted by atomic mass is 9.87. The van der Waals surface area contributed by atoms with E-state index in [1.165, 1.54) is 19.2 Å². The molecule has 0 saturated heterocycles. The number of alkyl halides is 3. The third-order valence-corrected chi connectivity index (χ3v) is 5.55. The number of H-pyrrole nitrogens is 1. The van der Waals surface area contributed by atoms with Crippen molar-refractivity contribution in [2.45, 2.75) is 25.1 Å². The molecule has 12 heteroatoms. The highest BCUT2D eigenvalue weighted by molar-refractivity contribution is 5.94. The Kier molecular flexibility index (Phi) is 6.65. The first-order valence-corrected chi connectivity index (χ1v) is 10.5. The van der Waals surface area contributed by atoms with Gasteiger partial charge in [0.15, 0.2) is 17.3 Å². The van der Waals surface area contributed by atoms with Crippen LogP contribution in [-0.2, 0) is 22.4 Å². The number of fused-ring (bicyclic) bond motifs is 1. The van der Waals surface area contributed by atoms with E-state index in [1.807, 2.05) is 0 Å². The molecule has 1 aliphatic heterocycles. The number of amides is 2. The summed E-state index contributed by atoms with van der Waals surface area (Å²) in [5.41, 5.74) is 5.70. The van der Waals surface area contributed by atoms with Gasteiger partial charge in [-0.2, -0.15) is 18.3 Å². The van der Waals surface area contributed by atoms with Gasteiger partial charge >= 0.3 is 6.18 Å². The van der Waals surface area contributed by atoms with E-state index < -0.39 is 24.3 Å². The SMILES string of the molecule is COc1cc(C2CC(=O)Nc3n[nH]cc32)ccc1OCc1ccc(NC(=O)CN)cc1C(F)(F)F. The molecule has 9 nitrogen and oxygen atoms in total. The number of halogens is 3. The zero-order chi connectivity index (χ0) is 25.2. The van der Waals surface area contributed by atoms with E-state index in [0.29, 0.717) is 11.6 Å². The lowest BCUT2D eigenvalue weighted by Gasteiger charge is -2.23. The van der Waals surface area contributed by atoms with Gasteiger partial charge in [0, 0.05) is 35.3 Å². The average molecular weight is 489 g/mol. The number of benzene rings is 2. The number of nitrogens with two attached hydrogens (primary N) is 1. The summed E-state index contributed by atoms with van der Waals surface area (Å²) >= 11 is 0. The summed E-state index contributed by atoms with van der Waals surface area (Å²) in [5, 5.41) is 11.8. The molecule has 0 fully saturated rings. The first-order valence-electron chi connectivity index (χ1n) is 10.5. The molecule has 2 amide bonds. The molecule has 0 spiro atoms. The van der Waals surface area contributed by atoms with Crippen LogP contribution in [0.4, 0.5) is 24.7 Å². The monoisotopic (exact) mass is 489 g/mol. The number of nitrogens with one attached hydrogen (secondary N) is 3. The maximum Gasteiger partial charge on any atom is 0.416 e. The van der Waals surface area contributed by atoms with Crippen LogP contribution in [0.5, 0.6) is 11.5 Å². The quantitative estimate of drug-likeness (QED) is 0.402. The number of hydrogen-bond acceptors (Lipinski definition) is 6. The smallest absolute Gasteiger partial charge is 0.416 e. The van der Waals surface area contributed by atoms with Crippen LogP contribution in [0.2, 0.25) is 0 Å². The van der Waals surface area contributed by atoms with Crippen LogP contribution >= 0.6 is 0 Å². The Balaban J connectivity index is 1.57. The molecule has 35 heavy (non-hydrogen) atoms. The van der Waals surface area contributed by atoms with Crippen molar-refractivity contribution in [2.75, 3.05) is 24.3 Å². The number of carbonyl (C=O) groups is 2. The van der Waals surface area contributed by atoms with Crippen LogP contribution < -0.4 is 25.8 Å². The number of carbonyl (C=O) groups excluding carboxylic acids is 2. The molecule has 5 N–H and O–H groups in total. The van der Waals surface area contributed by atoms with Gasteiger partial charge in [-0.25, -0.2) is 0 Å². The summed E-state index contributed by atoms with van der Waals surface area (Å²) in [7, 11) is 1.42. The minimum absolute atomic E-state index is 0.0198. The van der Waals surface area contributed by atoms with E-state index in [4.69, 9.17) is 15.2 Å². The van der Waals surface area contributed by atoms with E-state index in [1.54, 1.807) is 24.4 Å². The van der Waals surface area contributed by atoms with Gasteiger partial charge in [-0.1, -0.05) is 12.1 Å². The Morgan fingerprint density at radius 3 is 2.74 bits per heavy atom. The molecule has 0 radical (unpaired) electrons. The van der Waals surface area contributed by atoms with E-state index in [0.717, 1.165) is 17.2 Å². The molecule has 1 unspecified atom stereocenters. The molecule has 4 rings (SSSR count). The van der Waals surface area contributed by atoms with Crippen LogP contribution in [0.1, 0.15) is 34.6 Å². The topological polar surface area (TPSA) is 131 Å². The van der Waals surface area contributed by atoms with Gasteiger partial charge in [0.05, 0.1) is 19.2 Å². The second kappa shape index (κ2) is 9.66. The number of rotatable bonds is 7. The fraction of sp³-hybridized carbons (Fsp3) is 0.261. The predicted octanol–water partition coefficient (Wildman–Crippen LogP) is 3.39. The third-order valence-electron chi connectivity index (χ3n) is 5.55. The normalized spacial score (nSPS) is 15.2. The molecule has 1 atom stereocenters. The maximum absolute atomic E-state index is 13.6. The zero-order valence-electron chi connectivity index (χ0n) is 18.5. The highest BCUT2D eigenvalue weighted by Crippen LogP contribution is 2.40. The number of methoxy groups -OCH3 is 1. The van der Waals surface area contributed by atoms with Crippen molar-refractivity contribution in [3.63, 3.8) is 0 Å². The molecule has 0 aliphatic carbocycles. The number of aromatic amines is 1. The number of nitrogens with zero attached hydrogens (tertiary/aromatic N) is 1. The molecule has 0 saturated carbocycles. The Hall–Kier alpha value is -4.06. The van der Waals surface area contributed by atoms with Crippen molar-refractivity contribution in [1.29, 1.82) is 0 Å². The molecule has 0 bridgehead atoms. The average Bonchev–Trinajstić information content (AvgIpc) is 3.30. The Bertz CT molecular complexity index is 1260. The lowest BCUT2D eigenvalue weighted by molar-refractivity contribution is -0.138. The van der Waals surface area contributed by atoms with E-state index >= 15 is 0 Å². The summed E-state index contributed by atoms with van der Waals surface area (Å²) in [5.74, 6) is -0.0639. The van der Waals surface area contributed by atoms with Crippen molar-refractivity contribution in [1.82, 2.24) is 10.2 Å². The molecule has 3 aromatic rings. The molecular formula is C23H22F3N5O4. The maximum atomic E-state index is 13.6. The van der Waals surface area contributed by atoms with Crippen LogP contribution in [0.15, 0.2) is 42.6 Å². The van der Waals surface area contributed by atoms with Crippen molar-refractivity contribution in [2.24, 2.45) is 5.73 Å². The zero-order valence-corrected chi connectivity index (χ0v) is 18.5. The molecule has 2 heterocycles. The predicted molar refractivity (Wildman–Crippen MR) is 120 cm³/mol. The van der Waals surface area contributed by atoms with Gasteiger partial charge in [0.25, 0.3) is 0 Å². The van der Waals surface area contributed by atoms with Crippen LogP contribution in [-0.4, -0.2) is 35.7 Å². The van der Waals surface area contributed by atoms with Crippen LogP contribution in [0.3, 0.4) is 0 Å². The summed E-state index contributed by atoms with van der Waals surface area (Å²) < 4.78 is 52.0. The summed E-state index contributed by atoms with van der Waals surface area (Å²) in [6, 6.07) is 8.42. The van der Waals surface area contributed by atoms with Gasteiger partial charge in [-0.05, 0) is 29.8 Å². The molecule has 184 valence electrons. The Labute approximate surface area is 197 Å². The van der Waals surface area contributed by atoms with Crippen molar-refractivity contribution < 1.29 is 32.2 Å². The van der Waals surface area contributed by atoms with Gasteiger partial charge in [0.2, 0.25) is 11.8 Å². The summed E-state index contributed by atoms with van der Waals surface area (Å²) in [6.45, 7) is -0.747. The molecular weight excluding hydrogens is 467 g/mol. The first-order chi connectivity index (χ1) is 16.7. The minimum Gasteiger partial charge on any atom is -0.493 e. The standard InChI is InChI=1S/C23H22F3N5O4/c1-34-19-6-12(15-8-20(32)30-22-16(15)10-28-31-22)3-5-18(19)35-11-13-2-4-14(29-21(33)9-27)7-17(13)23(24,25)26/h2-7,10,15H,8-9,11,27H2,1H3,(H,29,33)(H2,28,30,31,32). The van der Waals surface area contributed by atoms with E-state index in [9.17, 15) is 22.8 Å².